The Balaban J connectivity index is 2.91. The van der Waals surface area contributed by atoms with Crippen molar-refractivity contribution >= 4 is 11.9 Å². The molecule has 0 fully saturated rings. The topological polar surface area (TPSA) is 127 Å². The van der Waals surface area contributed by atoms with Crippen molar-refractivity contribution in [2.45, 2.75) is 19.8 Å². The molecule has 1 rings (SSSR count). The first-order valence-corrected chi connectivity index (χ1v) is 5.01. The minimum atomic E-state index is -0.828. The molecule has 98 valence electrons. The lowest BCUT2D eigenvalue weighted by molar-refractivity contribution is -0.446. The molecular weight excluding hydrogens is 244 g/mol. The van der Waals surface area contributed by atoms with Crippen molar-refractivity contribution in [2.75, 3.05) is 12.5 Å². The van der Waals surface area contributed by atoms with Crippen molar-refractivity contribution in [3.8, 4) is 0 Å². The number of esters is 1. The Bertz CT molecular complexity index is 524. The standard InChI is InChI=1S/C9H12N4O5/c1-5-6(3-4-7(14)18-2)8(15)11-9(10-5)12-13(16)17/h3-4H2,1-2H3,(H2,10,11,12,15). The van der Waals surface area contributed by atoms with E-state index in [0.29, 0.717) is 11.3 Å². The van der Waals surface area contributed by atoms with Gasteiger partial charge >= 0.3 is 5.97 Å². The third-order valence-corrected chi connectivity index (χ3v) is 2.23. The van der Waals surface area contributed by atoms with Gasteiger partial charge in [0.25, 0.3) is 11.5 Å². The van der Waals surface area contributed by atoms with Gasteiger partial charge in [0.1, 0.15) is 0 Å². The molecule has 0 unspecified atom stereocenters. The number of aromatic amines is 1. The van der Waals surface area contributed by atoms with E-state index in [9.17, 15) is 19.7 Å². The van der Waals surface area contributed by atoms with Gasteiger partial charge in [0.2, 0.25) is 0 Å². The molecule has 0 atom stereocenters. The van der Waals surface area contributed by atoms with Gasteiger partial charge in [-0.2, -0.15) is 0 Å². The molecule has 0 aliphatic carbocycles. The second-order valence-electron chi connectivity index (χ2n) is 3.42. The van der Waals surface area contributed by atoms with Crippen molar-refractivity contribution < 1.29 is 14.6 Å². The summed E-state index contributed by atoms with van der Waals surface area (Å²) in [5.74, 6) is -0.689. The van der Waals surface area contributed by atoms with Gasteiger partial charge in [0, 0.05) is 12.0 Å². The monoisotopic (exact) mass is 256 g/mol. The smallest absolute Gasteiger partial charge is 0.305 e. The second-order valence-corrected chi connectivity index (χ2v) is 3.42. The highest BCUT2D eigenvalue weighted by Gasteiger charge is 2.12. The Kier molecular flexibility index (Phi) is 4.35. The highest BCUT2D eigenvalue weighted by atomic mass is 16.7. The Morgan fingerprint density at radius 1 is 1.61 bits per heavy atom. The molecule has 0 saturated carbocycles. The molecule has 9 heteroatoms. The number of nitrogens with one attached hydrogen (secondary N) is 2. The fourth-order valence-corrected chi connectivity index (χ4v) is 1.37. The fraction of sp³-hybridized carbons (Fsp3) is 0.444. The van der Waals surface area contributed by atoms with E-state index in [1.54, 1.807) is 5.43 Å². The molecule has 0 amide bonds. The minimum absolute atomic E-state index is 0.0457. The molecule has 2 N–H and O–H groups in total. The van der Waals surface area contributed by atoms with Gasteiger partial charge in [-0.3, -0.25) is 14.6 Å². The lowest BCUT2D eigenvalue weighted by atomic mass is 10.1. The molecule has 9 nitrogen and oxygen atoms in total. The largest absolute Gasteiger partial charge is 0.469 e. The van der Waals surface area contributed by atoms with Crippen LogP contribution in [0.3, 0.4) is 0 Å². The van der Waals surface area contributed by atoms with Crippen LogP contribution in [0.5, 0.6) is 0 Å². The van der Waals surface area contributed by atoms with Crippen LogP contribution in [0.2, 0.25) is 0 Å². The number of anilines is 1. The SMILES string of the molecule is COC(=O)CCc1c(C)nc(N[N+](=O)[O-])[nH]c1=O. The number of hydrogen-bond donors (Lipinski definition) is 2. The molecule has 1 aromatic heterocycles. The maximum atomic E-state index is 11.6. The zero-order valence-electron chi connectivity index (χ0n) is 9.85. The number of aromatic nitrogens is 2. The van der Waals surface area contributed by atoms with E-state index >= 15 is 0 Å². The van der Waals surface area contributed by atoms with Crippen molar-refractivity contribution in [1.29, 1.82) is 0 Å². The number of H-pyrrole nitrogens is 1. The van der Waals surface area contributed by atoms with Gasteiger partial charge in [-0.05, 0) is 13.3 Å². The van der Waals surface area contributed by atoms with E-state index < -0.39 is 16.6 Å². The summed E-state index contributed by atoms with van der Waals surface area (Å²) >= 11 is 0. The van der Waals surface area contributed by atoms with Crippen molar-refractivity contribution in [3.63, 3.8) is 0 Å². The van der Waals surface area contributed by atoms with Gasteiger partial charge in [-0.15, -0.1) is 0 Å². The third kappa shape index (κ3) is 3.54. The minimum Gasteiger partial charge on any atom is -0.469 e. The maximum absolute atomic E-state index is 11.6. The van der Waals surface area contributed by atoms with Gasteiger partial charge in [0.05, 0.1) is 12.8 Å². The lowest BCUT2D eigenvalue weighted by Gasteiger charge is -2.04. The van der Waals surface area contributed by atoms with Crippen molar-refractivity contribution in [1.82, 2.24) is 9.97 Å². The first-order chi connectivity index (χ1) is 8.43. The molecule has 1 heterocycles. The van der Waals surface area contributed by atoms with Crippen LogP contribution in [-0.4, -0.2) is 28.1 Å². The fourth-order valence-electron chi connectivity index (χ4n) is 1.37. The zero-order chi connectivity index (χ0) is 13.7. The summed E-state index contributed by atoms with van der Waals surface area (Å²) in [6.07, 6.45) is 0.212. The van der Waals surface area contributed by atoms with Crippen LogP contribution in [0, 0.1) is 17.0 Å². The maximum Gasteiger partial charge on any atom is 0.305 e. The number of carbonyl (C=O) groups excluding carboxylic acids is 1. The molecule has 18 heavy (non-hydrogen) atoms. The molecule has 0 aliphatic heterocycles. The van der Waals surface area contributed by atoms with Crippen LogP contribution in [0.15, 0.2) is 4.79 Å². The number of hydrazine groups is 1. The van der Waals surface area contributed by atoms with Crippen LogP contribution >= 0.6 is 0 Å². The predicted molar refractivity (Wildman–Crippen MR) is 60.5 cm³/mol. The van der Waals surface area contributed by atoms with Gasteiger partial charge < -0.3 is 4.74 Å². The Hall–Kier alpha value is -2.45. The van der Waals surface area contributed by atoms with E-state index in [-0.39, 0.29) is 18.8 Å². The van der Waals surface area contributed by atoms with E-state index in [1.165, 1.54) is 14.0 Å². The molecule has 0 aromatic carbocycles. The number of nitrogens with zero attached hydrogens (tertiary/aromatic N) is 2. The summed E-state index contributed by atoms with van der Waals surface area (Å²) in [7, 11) is 1.25. The average Bonchev–Trinajstić information content (AvgIpc) is 2.26. The number of rotatable bonds is 5. The van der Waals surface area contributed by atoms with Gasteiger partial charge in [-0.25, -0.2) is 15.1 Å². The van der Waals surface area contributed by atoms with E-state index in [2.05, 4.69) is 14.7 Å². The van der Waals surface area contributed by atoms with Crippen LogP contribution < -0.4 is 11.0 Å². The number of hydrogen-bond acceptors (Lipinski definition) is 6. The summed E-state index contributed by atoms with van der Waals surface area (Å²) in [4.78, 5) is 38.8. The Morgan fingerprint density at radius 2 is 2.28 bits per heavy atom. The molecule has 0 radical (unpaired) electrons. The summed E-state index contributed by atoms with van der Waals surface area (Å²) in [5.41, 5.74) is 1.86. The second kappa shape index (κ2) is 5.75. The number of aryl methyl sites for hydroxylation is 1. The normalized spacial score (nSPS) is 9.89. The molecular formula is C9H12N4O5. The molecule has 0 spiro atoms. The molecule has 1 aromatic rings. The van der Waals surface area contributed by atoms with Crippen LogP contribution in [0.4, 0.5) is 5.95 Å². The number of nitro groups is 1. The van der Waals surface area contributed by atoms with Crippen molar-refractivity contribution in [2.24, 2.45) is 0 Å². The number of carbonyl (C=O) groups is 1. The van der Waals surface area contributed by atoms with Gasteiger partial charge in [-0.1, -0.05) is 5.43 Å². The number of ether oxygens (including phenoxy) is 1. The van der Waals surface area contributed by atoms with E-state index in [1.807, 2.05) is 0 Å². The molecule has 0 saturated heterocycles. The highest BCUT2D eigenvalue weighted by Crippen LogP contribution is 2.05. The zero-order valence-corrected chi connectivity index (χ0v) is 9.85. The first kappa shape index (κ1) is 13.6. The van der Waals surface area contributed by atoms with Crippen LogP contribution in [0.1, 0.15) is 17.7 Å². The summed E-state index contributed by atoms with van der Waals surface area (Å²) in [6.45, 7) is 1.53. The lowest BCUT2D eigenvalue weighted by Crippen LogP contribution is -2.22. The first-order valence-electron chi connectivity index (χ1n) is 5.01. The third-order valence-electron chi connectivity index (χ3n) is 2.23. The highest BCUT2D eigenvalue weighted by molar-refractivity contribution is 5.69. The van der Waals surface area contributed by atoms with Crippen LogP contribution in [0.25, 0.3) is 0 Å². The Morgan fingerprint density at radius 3 is 2.78 bits per heavy atom. The van der Waals surface area contributed by atoms with E-state index in [4.69, 9.17) is 0 Å². The van der Waals surface area contributed by atoms with Gasteiger partial charge in [0.15, 0.2) is 5.03 Å². The average molecular weight is 256 g/mol. The summed E-state index contributed by atoms with van der Waals surface area (Å²) in [6, 6.07) is 0. The molecule has 0 aliphatic rings. The van der Waals surface area contributed by atoms with E-state index in [0.717, 1.165) is 0 Å². The summed E-state index contributed by atoms with van der Waals surface area (Å²) < 4.78 is 4.45. The number of methoxy groups -OCH3 is 1. The predicted octanol–water partition coefficient (Wildman–Crippen LogP) is -0.212. The van der Waals surface area contributed by atoms with Crippen molar-refractivity contribution in [3.05, 3.63) is 31.7 Å². The molecule has 0 bridgehead atoms. The quantitative estimate of drug-likeness (QED) is 0.423. The van der Waals surface area contributed by atoms with Crippen LogP contribution in [-0.2, 0) is 16.0 Å². The summed E-state index contributed by atoms with van der Waals surface area (Å²) in [5, 5.41) is 9.37. The Labute approximate surface area is 101 Å².